The summed E-state index contributed by atoms with van der Waals surface area (Å²) in [6.45, 7) is 2.82. The zero-order valence-corrected chi connectivity index (χ0v) is 13.9. The van der Waals surface area contributed by atoms with Gasteiger partial charge in [0, 0.05) is 25.1 Å². The number of amides is 1. The molecule has 1 atom stereocenters. The average Bonchev–Trinajstić information content (AvgIpc) is 3.06. The summed E-state index contributed by atoms with van der Waals surface area (Å²) in [5.41, 5.74) is 15.0. The van der Waals surface area contributed by atoms with Gasteiger partial charge in [0.15, 0.2) is 0 Å². The number of rotatable bonds is 4. The molecule has 2 aromatic rings. The quantitative estimate of drug-likeness (QED) is 0.846. The number of hydrogen-bond acceptors (Lipinski definition) is 4. The Labute approximate surface area is 142 Å². The summed E-state index contributed by atoms with van der Waals surface area (Å²) in [6.07, 6.45) is 1.89. The molecule has 0 spiro atoms. The molecule has 126 valence electrons. The van der Waals surface area contributed by atoms with Crippen LogP contribution in [0.1, 0.15) is 36.9 Å². The van der Waals surface area contributed by atoms with E-state index in [0.29, 0.717) is 23.7 Å². The van der Waals surface area contributed by atoms with Crippen LogP contribution in [0.25, 0.3) is 0 Å². The Morgan fingerprint density at radius 1 is 1.21 bits per heavy atom. The van der Waals surface area contributed by atoms with Gasteiger partial charge in [0.05, 0.1) is 17.4 Å². The Bertz CT molecular complexity index is 731. The van der Waals surface area contributed by atoms with Gasteiger partial charge in [-0.15, -0.1) is 0 Å². The molecule has 1 aliphatic heterocycles. The lowest BCUT2D eigenvalue weighted by molar-refractivity contribution is -0.129. The number of anilines is 2. The maximum absolute atomic E-state index is 11.9. The number of carbonyl (C=O) groups excluding carboxylic acids is 1. The molecular formula is C19H23N3O2. The first-order valence-electron chi connectivity index (χ1n) is 8.19. The Morgan fingerprint density at radius 3 is 2.62 bits per heavy atom. The van der Waals surface area contributed by atoms with Crippen LogP contribution in [0.2, 0.25) is 0 Å². The van der Waals surface area contributed by atoms with Crippen LogP contribution in [0, 0.1) is 0 Å². The fourth-order valence-electron chi connectivity index (χ4n) is 3.22. The molecule has 0 bridgehead atoms. The molecule has 5 nitrogen and oxygen atoms in total. The molecule has 5 heteroatoms. The van der Waals surface area contributed by atoms with Gasteiger partial charge in [0.25, 0.3) is 0 Å². The minimum absolute atomic E-state index is 0.00354. The van der Waals surface area contributed by atoms with Crippen molar-refractivity contribution in [2.45, 2.75) is 32.4 Å². The summed E-state index contributed by atoms with van der Waals surface area (Å²) in [7, 11) is 0. The van der Waals surface area contributed by atoms with Crippen LogP contribution in [0.15, 0.2) is 42.5 Å². The molecule has 2 aromatic carbocycles. The Kier molecular flexibility index (Phi) is 4.60. The molecule has 1 aliphatic rings. The maximum Gasteiger partial charge on any atom is 0.219 e. The summed E-state index contributed by atoms with van der Waals surface area (Å²) in [4.78, 5) is 13.8. The highest BCUT2D eigenvalue weighted by Gasteiger charge is 2.30. The Hall–Kier alpha value is -2.69. The van der Waals surface area contributed by atoms with Gasteiger partial charge in [-0.3, -0.25) is 4.79 Å². The number of nitrogen functional groups attached to an aromatic ring is 2. The summed E-state index contributed by atoms with van der Waals surface area (Å²) < 4.78 is 6.03. The van der Waals surface area contributed by atoms with Crippen molar-refractivity contribution in [2.24, 2.45) is 0 Å². The zero-order chi connectivity index (χ0) is 17.1. The molecule has 0 saturated carbocycles. The average molecular weight is 325 g/mol. The lowest BCUT2D eigenvalue weighted by Gasteiger charge is -2.26. The Balaban J connectivity index is 1.90. The van der Waals surface area contributed by atoms with Crippen molar-refractivity contribution in [3.05, 3.63) is 53.6 Å². The minimum Gasteiger partial charge on any atom is -0.488 e. The molecule has 1 amide bonds. The van der Waals surface area contributed by atoms with Gasteiger partial charge < -0.3 is 21.1 Å². The van der Waals surface area contributed by atoms with E-state index in [0.717, 1.165) is 30.5 Å². The van der Waals surface area contributed by atoms with Crippen LogP contribution in [0.4, 0.5) is 11.4 Å². The first kappa shape index (κ1) is 16.2. The first-order valence-corrected chi connectivity index (χ1v) is 8.19. The van der Waals surface area contributed by atoms with Gasteiger partial charge in [-0.25, -0.2) is 0 Å². The van der Waals surface area contributed by atoms with Crippen LogP contribution in [-0.4, -0.2) is 17.4 Å². The van der Waals surface area contributed by atoms with Crippen molar-refractivity contribution in [1.82, 2.24) is 4.90 Å². The minimum atomic E-state index is -0.00354. The molecule has 1 saturated heterocycles. The normalized spacial score (nSPS) is 17.0. The summed E-state index contributed by atoms with van der Waals surface area (Å²) in [5, 5.41) is 0. The van der Waals surface area contributed by atoms with E-state index >= 15 is 0 Å². The number of benzene rings is 2. The largest absolute Gasteiger partial charge is 0.488 e. The van der Waals surface area contributed by atoms with Crippen molar-refractivity contribution in [3.8, 4) is 5.75 Å². The number of likely N-dealkylation sites (tertiary alicyclic amines) is 1. The third-order valence-corrected chi connectivity index (χ3v) is 4.47. The molecule has 1 unspecified atom stereocenters. The van der Waals surface area contributed by atoms with Crippen molar-refractivity contribution in [2.75, 3.05) is 18.0 Å². The van der Waals surface area contributed by atoms with Crippen molar-refractivity contribution < 1.29 is 9.53 Å². The summed E-state index contributed by atoms with van der Waals surface area (Å²) >= 11 is 0. The highest BCUT2D eigenvalue weighted by atomic mass is 16.5. The van der Waals surface area contributed by atoms with Gasteiger partial charge >= 0.3 is 0 Å². The number of nitrogens with zero attached hydrogens (tertiary/aromatic N) is 1. The predicted octanol–water partition coefficient (Wildman–Crippen LogP) is 3.11. The molecule has 1 heterocycles. The monoisotopic (exact) mass is 325 g/mol. The molecular weight excluding hydrogens is 302 g/mol. The van der Waals surface area contributed by atoms with E-state index in [9.17, 15) is 4.79 Å². The van der Waals surface area contributed by atoms with E-state index in [1.165, 1.54) is 0 Å². The third-order valence-electron chi connectivity index (χ3n) is 4.47. The second-order valence-corrected chi connectivity index (χ2v) is 6.16. The molecule has 24 heavy (non-hydrogen) atoms. The topological polar surface area (TPSA) is 81.6 Å². The van der Waals surface area contributed by atoms with Crippen molar-refractivity contribution in [1.29, 1.82) is 0 Å². The highest BCUT2D eigenvalue weighted by Crippen LogP contribution is 2.40. The lowest BCUT2D eigenvalue weighted by atomic mass is 10.0. The van der Waals surface area contributed by atoms with Gasteiger partial charge in [-0.05, 0) is 24.5 Å². The molecule has 0 radical (unpaired) electrons. The maximum atomic E-state index is 11.9. The molecule has 0 aromatic heterocycles. The molecule has 1 fully saturated rings. The van der Waals surface area contributed by atoms with Gasteiger partial charge in [0.2, 0.25) is 5.91 Å². The van der Waals surface area contributed by atoms with Crippen molar-refractivity contribution >= 4 is 17.3 Å². The van der Waals surface area contributed by atoms with Crippen LogP contribution >= 0.6 is 0 Å². The second kappa shape index (κ2) is 6.83. The first-order chi connectivity index (χ1) is 11.6. The van der Waals surface area contributed by atoms with E-state index in [-0.39, 0.29) is 11.9 Å². The van der Waals surface area contributed by atoms with E-state index in [4.69, 9.17) is 16.2 Å². The zero-order valence-electron chi connectivity index (χ0n) is 13.9. The standard InChI is InChI=1S/C19H23N3O2/c1-13(23)22-9-5-8-18(22)15-10-16(20)17(21)11-19(15)24-12-14-6-3-2-4-7-14/h2-4,6-7,10-11,18H,5,8-9,12,20-21H2,1H3. The van der Waals surface area contributed by atoms with Gasteiger partial charge in [-0.1, -0.05) is 30.3 Å². The number of hydrogen-bond donors (Lipinski definition) is 2. The Morgan fingerprint density at radius 2 is 1.92 bits per heavy atom. The van der Waals surface area contributed by atoms with Gasteiger partial charge in [-0.2, -0.15) is 0 Å². The third kappa shape index (κ3) is 3.30. The van der Waals surface area contributed by atoms with Crippen LogP contribution in [-0.2, 0) is 11.4 Å². The second-order valence-electron chi connectivity index (χ2n) is 6.16. The van der Waals surface area contributed by atoms with Crippen LogP contribution in [0.5, 0.6) is 5.75 Å². The fraction of sp³-hybridized carbons (Fsp3) is 0.316. The van der Waals surface area contributed by atoms with Crippen molar-refractivity contribution in [3.63, 3.8) is 0 Å². The number of ether oxygens (including phenoxy) is 1. The van der Waals surface area contributed by atoms with E-state index < -0.39 is 0 Å². The van der Waals surface area contributed by atoms with Crippen LogP contribution < -0.4 is 16.2 Å². The van der Waals surface area contributed by atoms with Gasteiger partial charge in [0.1, 0.15) is 12.4 Å². The highest BCUT2D eigenvalue weighted by molar-refractivity contribution is 5.75. The molecule has 4 N–H and O–H groups in total. The van der Waals surface area contributed by atoms with E-state index in [1.807, 2.05) is 41.3 Å². The number of carbonyl (C=O) groups is 1. The van der Waals surface area contributed by atoms with Crippen LogP contribution in [0.3, 0.4) is 0 Å². The summed E-state index contributed by atoms with van der Waals surface area (Å²) in [6, 6.07) is 13.6. The SMILES string of the molecule is CC(=O)N1CCCC1c1cc(N)c(N)cc1OCc1ccccc1. The lowest BCUT2D eigenvalue weighted by Crippen LogP contribution is -2.28. The molecule has 3 rings (SSSR count). The van der Waals surface area contributed by atoms with E-state index in [2.05, 4.69) is 0 Å². The molecule has 0 aliphatic carbocycles. The summed E-state index contributed by atoms with van der Waals surface area (Å²) in [5.74, 6) is 0.769. The number of nitrogens with two attached hydrogens (primary N) is 2. The predicted molar refractivity (Wildman–Crippen MR) is 95.4 cm³/mol. The fourth-order valence-corrected chi connectivity index (χ4v) is 3.22. The smallest absolute Gasteiger partial charge is 0.219 e. The van der Waals surface area contributed by atoms with E-state index in [1.54, 1.807) is 13.0 Å².